The number of carbonyl (C=O) groups is 2. The molecule has 192 valence electrons. The molecule has 3 rings (SSSR count). The molecule has 0 aliphatic heterocycles. The zero-order valence-corrected chi connectivity index (χ0v) is 20.7. The highest BCUT2D eigenvalue weighted by atomic mass is 16.2. The van der Waals surface area contributed by atoms with Gasteiger partial charge in [-0.3, -0.25) is 4.79 Å². The highest BCUT2D eigenvalue weighted by Crippen LogP contribution is 2.24. The number of hydrogen-bond acceptors (Lipinski definition) is 8. The number of urea groups is 1. The van der Waals surface area contributed by atoms with Crippen molar-refractivity contribution in [2.75, 3.05) is 31.5 Å². The van der Waals surface area contributed by atoms with Crippen molar-refractivity contribution >= 4 is 52.2 Å². The Bertz CT molecular complexity index is 1310. The first kappa shape index (κ1) is 26.9. The maximum atomic E-state index is 13.2. The number of amides is 3. The van der Waals surface area contributed by atoms with E-state index in [0.29, 0.717) is 49.3 Å². The minimum absolute atomic E-state index is 0.167. The van der Waals surface area contributed by atoms with Crippen LogP contribution >= 0.6 is 0 Å². The van der Waals surface area contributed by atoms with Crippen LogP contribution in [0.3, 0.4) is 0 Å². The minimum atomic E-state index is -0.292. The summed E-state index contributed by atoms with van der Waals surface area (Å²) in [5.41, 5.74) is 2.55. The van der Waals surface area contributed by atoms with Crippen molar-refractivity contribution in [1.29, 1.82) is 0 Å². The highest BCUT2D eigenvalue weighted by molar-refractivity contribution is 5.96. The molecule has 0 bridgehead atoms. The van der Waals surface area contributed by atoms with Crippen molar-refractivity contribution in [3.63, 3.8) is 0 Å². The van der Waals surface area contributed by atoms with Crippen molar-refractivity contribution in [3.05, 3.63) is 42.0 Å². The fourth-order valence-corrected chi connectivity index (χ4v) is 3.88. The average molecular weight is 505 g/mol. The monoisotopic (exact) mass is 504 g/mol. The summed E-state index contributed by atoms with van der Waals surface area (Å²) in [6.07, 6.45) is 4.90. The van der Waals surface area contributed by atoms with Gasteiger partial charge in [0.25, 0.3) is 5.91 Å². The molecule has 0 fully saturated rings. The SMILES string of the molecule is CCCN(CCCN(CCC)C(=O)c1cc(N=C=O)cc(N=C=O)c1)C(=O)Nc1ccc2n[nH]nc2c1. The first-order valence-corrected chi connectivity index (χ1v) is 12.0. The minimum Gasteiger partial charge on any atom is -0.339 e. The van der Waals surface area contributed by atoms with Crippen LogP contribution in [-0.2, 0) is 9.59 Å². The zero-order chi connectivity index (χ0) is 26.6. The standard InChI is InChI=1S/C25H28N8O4/c1-3-8-32(24(36)18-12-20(26-16-34)14-21(13-18)27-17-35)10-5-11-33(9-4-2)25(37)28-19-6-7-22-23(15-19)30-31-29-22/h6-7,12-15H,3-5,8-11H2,1-2H3,(H,28,37)(H,29,30,31). The van der Waals surface area contributed by atoms with Crippen molar-refractivity contribution in [2.24, 2.45) is 9.98 Å². The number of aromatic nitrogens is 3. The average Bonchev–Trinajstić information content (AvgIpc) is 3.35. The molecule has 1 aromatic heterocycles. The Morgan fingerprint density at radius 2 is 1.49 bits per heavy atom. The van der Waals surface area contributed by atoms with Gasteiger partial charge < -0.3 is 15.1 Å². The molecule has 0 saturated carbocycles. The Labute approximate surface area is 213 Å². The first-order valence-electron chi connectivity index (χ1n) is 12.0. The van der Waals surface area contributed by atoms with Crippen molar-refractivity contribution < 1.29 is 19.2 Å². The lowest BCUT2D eigenvalue weighted by Crippen LogP contribution is -2.39. The molecule has 0 spiro atoms. The van der Waals surface area contributed by atoms with E-state index in [-0.39, 0.29) is 28.9 Å². The number of aliphatic imine (C=N–C) groups is 2. The summed E-state index contributed by atoms with van der Waals surface area (Å²) in [5.74, 6) is -0.292. The molecule has 12 heteroatoms. The van der Waals surface area contributed by atoms with Gasteiger partial charge >= 0.3 is 6.03 Å². The van der Waals surface area contributed by atoms with E-state index in [1.165, 1.54) is 30.4 Å². The highest BCUT2D eigenvalue weighted by Gasteiger charge is 2.19. The topological polar surface area (TPSA) is 153 Å². The first-order chi connectivity index (χ1) is 18.0. The van der Waals surface area contributed by atoms with Gasteiger partial charge in [0.1, 0.15) is 11.0 Å². The van der Waals surface area contributed by atoms with Gasteiger partial charge in [0.2, 0.25) is 12.2 Å². The molecule has 0 unspecified atom stereocenters. The second-order valence-corrected chi connectivity index (χ2v) is 8.23. The lowest BCUT2D eigenvalue weighted by molar-refractivity contribution is 0.0750. The third-order valence-corrected chi connectivity index (χ3v) is 5.48. The summed E-state index contributed by atoms with van der Waals surface area (Å²) in [7, 11) is 0. The van der Waals surface area contributed by atoms with Gasteiger partial charge in [-0.15, -0.1) is 0 Å². The number of fused-ring (bicyclic) bond motifs is 1. The fraction of sp³-hybridized carbons (Fsp3) is 0.360. The van der Waals surface area contributed by atoms with Gasteiger partial charge in [-0.25, -0.2) is 14.4 Å². The van der Waals surface area contributed by atoms with E-state index in [0.717, 1.165) is 12.8 Å². The van der Waals surface area contributed by atoms with Crippen LogP contribution in [0.15, 0.2) is 46.4 Å². The number of nitrogens with one attached hydrogen (secondary N) is 2. The molecular weight excluding hydrogens is 476 g/mol. The van der Waals surface area contributed by atoms with Crippen LogP contribution in [-0.4, -0.2) is 75.5 Å². The van der Waals surface area contributed by atoms with Crippen LogP contribution in [0.25, 0.3) is 11.0 Å². The summed E-state index contributed by atoms with van der Waals surface area (Å²) in [6.45, 7) is 5.83. The summed E-state index contributed by atoms with van der Waals surface area (Å²) in [4.78, 5) is 58.0. The van der Waals surface area contributed by atoms with Gasteiger partial charge in [0.15, 0.2) is 0 Å². The second-order valence-electron chi connectivity index (χ2n) is 8.23. The Balaban J connectivity index is 1.67. The third kappa shape index (κ3) is 7.41. The predicted octanol–water partition coefficient (Wildman–Crippen LogP) is 4.08. The Morgan fingerprint density at radius 3 is 2.14 bits per heavy atom. The lowest BCUT2D eigenvalue weighted by atomic mass is 10.1. The smallest absolute Gasteiger partial charge is 0.321 e. The van der Waals surface area contributed by atoms with E-state index in [2.05, 4.69) is 30.7 Å². The number of anilines is 1. The number of rotatable bonds is 12. The summed E-state index contributed by atoms with van der Waals surface area (Å²) in [5, 5.41) is 13.5. The maximum absolute atomic E-state index is 13.2. The van der Waals surface area contributed by atoms with Crippen molar-refractivity contribution in [2.45, 2.75) is 33.1 Å². The number of nitrogens with zero attached hydrogens (tertiary/aromatic N) is 6. The van der Waals surface area contributed by atoms with E-state index >= 15 is 0 Å². The number of H-pyrrole nitrogens is 1. The Morgan fingerprint density at radius 1 is 0.865 bits per heavy atom. The van der Waals surface area contributed by atoms with Crippen LogP contribution in [0.4, 0.5) is 21.9 Å². The number of carbonyl (C=O) groups excluding carboxylic acids is 4. The molecule has 2 aromatic carbocycles. The molecule has 0 saturated heterocycles. The van der Waals surface area contributed by atoms with Gasteiger partial charge in [0, 0.05) is 37.4 Å². The predicted molar refractivity (Wildman–Crippen MR) is 138 cm³/mol. The third-order valence-electron chi connectivity index (χ3n) is 5.48. The van der Waals surface area contributed by atoms with Gasteiger partial charge in [-0.05, 0) is 55.7 Å². The molecule has 2 N–H and O–H groups in total. The summed E-state index contributed by atoms with van der Waals surface area (Å²) in [6, 6.07) is 9.32. The van der Waals surface area contributed by atoms with Gasteiger partial charge in [-0.1, -0.05) is 13.8 Å². The molecular formula is C25H28N8O4. The van der Waals surface area contributed by atoms with Crippen LogP contribution < -0.4 is 5.32 Å². The lowest BCUT2D eigenvalue weighted by Gasteiger charge is -2.26. The van der Waals surface area contributed by atoms with Gasteiger partial charge in [-0.2, -0.15) is 25.4 Å². The largest absolute Gasteiger partial charge is 0.339 e. The molecule has 0 radical (unpaired) electrons. The number of benzene rings is 2. The molecule has 3 amide bonds. The molecule has 0 aliphatic rings. The quantitative estimate of drug-likeness (QED) is 0.280. The molecule has 1 heterocycles. The Hall–Kier alpha value is -4.66. The molecule has 0 atom stereocenters. The van der Waals surface area contributed by atoms with Crippen LogP contribution in [0.1, 0.15) is 43.5 Å². The van der Waals surface area contributed by atoms with E-state index in [1.54, 1.807) is 28.0 Å². The van der Waals surface area contributed by atoms with E-state index in [9.17, 15) is 19.2 Å². The summed E-state index contributed by atoms with van der Waals surface area (Å²) < 4.78 is 0. The number of aromatic amines is 1. The molecule has 37 heavy (non-hydrogen) atoms. The maximum Gasteiger partial charge on any atom is 0.321 e. The molecule has 0 aliphatic carbocycles. The van der Waals surface area contributed by atoms with Crippen molar-refractivity contribution in [3.8, 4) is 0 Å². The van der Waals surface area contributed by atoms with Crippen LogP contribution in [0, 0.1) is 0 Å². The van der Waals surface area contributed by atoms with E-state index in [1.807, 2.05) is 13.8 Å². The Kier molecular flexibility index (Phi) is 9.78. The summed E-state index contributed by atoms with van der Waals surface area (Å²) >= 11 is 0. The normalized spacial score (nSPS) is 10.3. The van der Waals surface area contributed by atoms with Crippen LogP contribution in [0.2, 0.25) is 0 Å². The molecule has 12 nitrogen and oxygen atoms in total. The fourth-order valence-electron chi connectivity index (χ4n) is 3.88. The van der Waals surface area contributed by atoms with E-state index in [4.69, 9.17) is 0 Å². The second kappa shape index (κ2) is 13.4. The van der Waals surface area contributed by atoms with Crippen LogP contribution in [0.5, 0.6) is 0 Å². The number of hydrogen-bond donors (Lipinski definition) is 2. The van der Waals surface area contributed by atoms with Crippen molar-refractivity contribution in [1.82, 2.24) is 25.2 Å². The molecule has 3 aromatic rings. The number of isocyanates is 2. The zero-order valence-electron chi connectivity index (χ0n) is 20.7. The van der Waals surface area contributed by atoms with Gasteiger partial charge in [0.05, 0.1) is 11.4 Å². The van der Waals surface area contributed by atoms with E-state index < -0.39 is 0 Å².